The fraction of sp³-hybridized carbons (Fsp3) is 0.536. The molecular weight excluding hydrogens is 426 g/mol. The molecule has 2 aromatic rings. The van der Waals surface area contributed by atoms with E-state index in [0.29, 0.717) is 13.0 Å². The molecule has 3 heterocycles. The van der Waals surface area contributed by atoms with Crippen molar-refractivity contribution in [1.29, 1.82) is 0 Å². The van der Waals surface area contributed by atoms with Crippen LogP contribution in [0.4, 0.5) is 4.79 Å². The standard InChI is InChI=1S/C28H35N3O3/c1-3-10-22-23-17-25-27(32)30(20-12-6-5-7-13-20)28(33)31(25)24(4-2)21(23)14-15-26(22)34-18-19-11-8-9-16-29-19/h8-9,11,14-16,20,24-25H,3-7,10,12-13,17-18H2,1-2H3/t24-,25+/m1/s1. The molecular formula is C28H35N3O3. The van der Waals surface area contributed by atoms with Crippen LogP contribution in [-0.4, -0.2) is 38.8 Å². The molecule has 3 aliphatic rings. The zero-order valence-electron chi connectivity index (χ0n) is 20.3. The van der Waals surface area contributed by atoms with Gasteiger partial charge in [-0.1, -0.05) is 51.7 Å². The number of carbonyl (C=O) groups is 2. The lowest BCUT2D eigenvalue weighted by Gasteiger charge is -2.38. The average molecular weight is 462 g/mol. The Bertz CT molecular complexity index is 1050. The Hall–Kier alpha value is -2.89. The van der Waals surface area contributed by atoms with Gasteiger partial charge >= 0.3 is 6.03 Å². The van der Waals surface area contributed by atoms with Crippen molar-refractivity contribution in [3.63, 3.8) is 0 Å². The Morgan fingerprint density at radius 1 is 1.06 bits per heavy atom. The molecule has 0 radical (unpaired) electrons. The minimum Gasteiger partial charge on any atom is -0.487 e. The topological polar surface area (TPSA) is 62.7 Å². The van der Waals surface area contributed by atoms with Gasteiger partial charge in [0.05, 0.1) is 11.7 Å². The van der Waals surface area contributed by atoms with Crippen LogP contribution in [0.1, 0.15) is 87.2 Å². The molecule has 1 aromatic heterocycles. The van der Waals surface area contributed by atoms with Gasteiger partial charge in [-0.15, -0.1) is 0 Å². The van der Waals surface area contributed by atoms with E-state index in [1.54, 1.807) is 11.1 Å². The predicted molar refractivity (Wildman–Crippen MR) is 130 cm³/mol. The van der Waals surface area contributed by atoms with Crippen molar-refractivity contribution >= 4 is 11.9 Å². The maximum atomic E-state index is 13.6. The average Bonchev–Trinajstić information content (AvgIpc) is 3.13. The number of benzene rings is 1. The molecule has 1 saturated carbocycles. The number of pyridine rings is 1. The SMILES string of the molecule is CCCc1c(OCc2ccccn2)ccc2c1C[C@H]1C(=O)N(C3CCCCC3)C(=O)N1[C@@H]2CC. The quantitative estimate of drug-likeness (QED) is 0.505. The third-order valence-electron chi connectivity index (χ3n) is 7.73. The maximum absolute atomic E-state index is 13.6. The van der Waals surface area contributed by atoms with Crippen molar-refractivity contribution < 1.29 is 14.3 Å². The molecule has 6 heteroatoms. The maximum Gasteiger partial charge on any atom is 0.328 e. The molecule has 180 valence electrons. The lowest BCUT2D eigenvalue weighted by molar-refractivity contribution is -0.130. The van der Waals surface area contributed by atoms with Crippen molar-refractivity contribution in [3.8, 4) is 5.75 Å². The van der Waals surface area contributed by atoms with Crippen LogP contribution in [-0.2, 0) is 24.2 Å². The van der Waals surface area contributed by atoms with Crippen molar-refractivity contribution in [2.24, 2.45) is 0 Å². The van der Waals surface area contributed by atoms with E-state index in [0.717, 1.165) is 56.4 Å². The van der Waals surface area contributed by atoms with Crippen LogP contribution in [0.2, 0.25) is 0 Å². The predicted octanol–water partition coefficient (Wildman–Crippen LogP) is 5.59. The second-order valence-electron chi connectivity index (χ2n) is 9.80. The molecule has 6 nitrogen and oxygen atoms in total. The monoisotopic (exact) mass is 461 g/mol. The summed E-state index contributed by atoms with van der Waals surface area (Å²) in [6.45, 7) is 4.70. The summed E-state index contributed by atoms with van der Waals surface area (Å²) in [7, 11) is 0. The normalized spacial score (nSPS) is 22.6. The lowest BCUT2D eigenvalue weighted by atomic mass is 9.83. The highest BCUT2D eigenvalue weighted by Gasteiger charge is 2.53. The Morgan fingerprint density at radius 3 is 2.59 bits per heavy atom. The van der Waals surface area contributed by atoms with Gasteiger partial charge in [0, 0.05) is 18.7 Å². The molecule has 1 aromatic carbocycles. The summed E-state index contributed by atoms with van der Waals surface area (Å²) >= 11 is 0. The summed E-state index contributed by atoms with van der Waals surface area (Å²) in [6, 6.07) is 9.52. The summed E-state index contributed by atoms with van der Waals surface area (Å²) in [5.74, 6) is 0.874. The molecule has 2 aliphatic heterocycles. The van der Waals surface area contributed by atoms with Gasteiger partial charge in [0.2, 0.25) is 0 Å². The van der Waals surface area contributed by atoms with Crippen molar-refractivity contribution in [1.82, 2.24) is 14.8 Å². The van der Waals surface area contributed by atoms with Crippen molar-refractivity contribution in [3.05, 3.63) is 58.9 Å². The number of amides is 3. The van der Waals surface area contributed by atoms with Gasteiger partial charge in [0.15, 0.2) is 0 Å². The largest absolute Gasteiger partial charge is 0.487 e. The zero-order valence-corrected chi connectivity index (χ0v) is 20.3. The minimum atomic E-state index is -0.395. The fourth-order valence-electron chi connectivity index (χ4n) is 6.14. The van der Waals surface area contributed by atoms with Gasteiger partial charge in [-0.25, -0.2) is 4.79 Å². The van der Waals surface area contributed by atoms with E-state index >= 15 is 0 Å². The van der Waals surface area contributed by atoms with Gasteiger partial charge in [-0.2, -0.15) is 0 Å². The molecule has 0 N–H and O–H groups in total. The molecule has 1 aliphatic carbocycles. The number of carbonyl (C=O) groups excluding carboxylic acids is 2. The Kier molecular flexibility index (Phi) is 6.57. The zero-order chi connectivity index (χ0) is 23.7. The summed E-state index contributed by atoms with van der Waals surface area (Å²) in [5, 5.41) is 0. The number of fused-ring (bicyclic) bond motifs is 2. The van der Waals surface area contributed by atoms with Gasteiger partial charge in [-0.3, -0.25) is 14.7 Å². The highest BCUT2D eigenvalue weighted by molar-refractivity contribution is 6.05. The van der Waals surface area contributed by atoms with Gasteiger partial charge in [0.25, 0.3) is 5.91 Å². The summed E-state index contributed by atoms with van der Waals surface area (Å²) in [4.78, 5) is 35.1. The lowest BCUT2D eigenvalue weighted by Crippen LogP contribution is -2.44. The van der Waals surface area contributed by atoms with E-state index in [2.05, 4.69) is 31.0 Å². The number of ether oxygens (including phenoxy) is 1. The van der Waals surface area contributed by atoms with Gasteiger partial charge in [0.1, 0.15) is 18.4 Å². The number of rotatable bonds is 7. The summed E-state index contributed by atoms with van der Waals surface area (Å²) in [6.07, 6.45) is 10.3. The minimum absolute atomic E-state index is 0.00301. The van der Waals surface area contributed by atoms with Crippen LogP contribution < -0.4 is 4.74 Å². The van der Waals surface area contributed by atoms with E-state index in [9.17, 15) is 9.59 Å². The number of aromatic nitrogens is 1. The van der Waals surface area contributed by atoms with E-state index in [1.807, 2.05) is 23.1 Å². The van der Waals surface area contributed by atoms with Crippen LogP contribution in [0.25, 0.3) is 0 Å². The second kappa shape index (κ2) is 9.77. The number of urea groups is 1. The first-order valence-corrected chi connectivity index (χ1v) is 13.0. The van der Waals surface area contributed by atoms with E-state index in [-0.39, 0.29) is 24.0 Å². The molecule has 2 fully saturated rings. The van der Waals surface area contributed by atoms with Crippen LogP contribution in [0.3, 0.4) is 0 Å². The molecule has 1 saturated heterocycles. The number of hydrogen-bond acceptors (Lipinski definition) is 4. The first-order chi connectivity index (χ1) is 16.6. The Morgan fingerprint density at radius 2 is 1.88 bits per heavy atom. The highest BCUT2D eigenvalue weighted by atomic mass is 16.5. The summed E-state index contributed by atoms with van der Waals surface area (Å²) < 4.78 is 6.25. The van der Waals surface area contributed by atoms with E-state index < -0.39 is 6.04 Å². The molecule has 0 unspecified atom stereocenters. The Labute approximate surface area is 202 Å². The third kappa shape index (κ3) is 3.97. The number of imide groups is 1. The number of nitrogens with zero attached hydrogens (tertiary/aromatic N) is 3. The van der Waals surface area contributed by atoms with E-state index in [4.69, 9.17) is 4.74 Å². The fourth-order valence-corrected chi connectivity index (χ4v) is 6.14. The molecule has 2 atom stereocenters. The molecule has 3 amide bonds. The van der Waals surface area contributed by atoms with Crippen LogP contribution in [0, 0.1) is 0 Å². The second-order valence-corrected chi connectivity index (χ2v) is 9.80. The van der Waals surface area contributed by atoms with Gasteiger partial charge in [-0.05, 0) is 60.6 Å². The van der Waals surface area contributed by atoms with Crippen LogP contribution >= 0.6 is 0 Å². The smallest absolute Gasteiger partial charge is 0.328 e. The first-order valence-electron chi connectivity index (χ1n) is 13.0. The van der Waals surface area contributed by atoms with Crippen molar-refractivity contribution in [2.75, 3.05) is 0 Å². The molecule has 0 spiro atoms. The molecule has 5 rings (SSSR count). The number of hydrogen-bond donors (Lipinski definition) is 0. The van der Waals surface area contributed by atoms with Crippen LogP contribution in [0.5, 0.6) is 5.75 Å². The first kappa shape index (κ1) is 22.9. The van der Waals surface area contributed by atoms with Gasteiger partial charge < -0.3 is 9.64 Å². The Balaban J connectivity index is 1.48. The third-order valence-corrected chi connectivity index (χ3v) is 7.73. The highest BCUT2D eigenvalue weighted by Crippen LogP contribution is 2.44. The van der Waals surface area contributed by atoms with Crippen molar-refractivity contribution in [2.45, 2.75) is 96.4 Å². The van der Waals surface area contributed by atoms with Crippen LogP contribution in [0.15, 0.2) is 36.5 Å². The molecule has 34 heavy (non-hydrogen) atoms. The summed E-state index contributed by atoms with van der Waals surface area (Å²) in [5.41, 5.74) is 4.46. The molecule has 0 bridgehead atoms. The van der Waals surface area contributed by atoms with E-state index in [1.165, 1.54) is 23.1 Å².